The van der Waals surface area contributed by atoms with Gasteiger partial charge in [0, 0.05) is 18.0 Å². The zero-order chi connectivity index (χ0) is 15.1. The van der Waals surface area contributed by atoms with Crippen molar-refractivity contribution in [1.29, 1.82) is 0 Å². The highest BCUT2D eigenvalue weighted by Gasteiger charge is 2.14. The van der Waals surface area contributed by atoms with Crippen LogP contribution in [0.25, 0.3) is 21.9 Å². The summed E-state index contributed by atoms with van der Waals surface area (Å²) in [6.45, 7) is 0. The molecule has 2 aromatic carbocycles. The minimum absolute atomic E-state index is 0.183. The van der Waals surface area contributed by atoms with E-state index in [1.54, 1.807) is 0 Å². The van der Waals surface area contributed by atoms with E-state index in [1.807, 2.05) is 66.2 Å². The zero-order valence-corrected chi connectivity index (χ0v) is 12.0. The molecule has 0 unspecified atom stereocenters. The minimum atomic E-state index is -0.183. The largest absolute Gasteiger partial charge is 0.340 e. The van der Waals surface area contributed by atoms with Crippen LogP contribution in [-0.4, -0.2) is 20.4 Å². The van der Waals surface area contributed by atoms with Gasteiger partial charge in [-0.1, -0.05) is 30.3 Å². The van der Waals surface area contributed by atoms with Crippen molar-refractivity contribution in [3.8, 4) is 0 Å². The van der Waals surface area contributed by atoms with Gasteiger partial charge in [0.1, 0.15) is 5.69 Å². The standard InChI is InChI=1S/C17H14N4O/c1-21-14-9-5-2-6-11(14)10-15(21)16(22)20-17-18-12-7-3-4-8-13(12)19-17/h2-10H,1H3,(H2,18,19,20,22). The van der Waals surface area contributed by atoms with Crippen molar-refractivity contribution in [3.63, 3.8) is 0 Å². The maximum Gasteiger partial charge on any atom is 0.274 e. The normalized spacial score (nSPS) is 11.1. The van der Waals surface area contributed by atoms with Crippen molar-refractivity contribution in [3.05, 3.63) is 60.3 Å². The molecule has 0 saturated heterocycles. The molecule has 1 amide bonds. The molecule has 108 valence electrons. The van der Waals surface area contributed by atoms with Gasteiger partial charge in [-0.25, -0.2) is 4.98 Å². The second-order valence-electron chi connectivity index (χ2n) is 5.20. The molecule has 2 heterocycles. The smallest absolute Gasteiger partial charge is 0.274 e. The summed E-state index contributed by atoms with van der Waals surface area (Å²) in [5, 5.41) is 3.86. The van der Waals surface area contributed by atoms with Crippen LogP contribution in [0.4, 0.5) is 5.95 Å². The highest BCUT2D eigenvalue weighted by Crippen LogP contribution is 2.19. The van der Waals surface area contributed by atoms with E-state index < -0.39 is 0 Å². The first kappa shape index (κ1) is 12.6. The molecule has 0 atom stereocenters. The number of hydrogen-bond acceptors (Lipinski definition) is 2. The van der Waals surface area contributed by atoms with Gasteiger partial charge in [-0.2, -0.15) is 0 Å². The van der Waals surface area contributed by atoms with E-state index in [9.17, 15) is 4.79 Å². The van der Waals surface area contributed by atoms with Crippen molar-refractivity contribution in [2.75, 3.05) is 5.32 Å². The Morgan fingerprint density at radius 2 is 1.91 bits per heavy atom. The van der Waals surface area contributed by atoms with E-state index in [1.165, 1.54) is 0 Å². The zero-order valence-electron chi connectivity index (χ0n) is 12.0. The van der Waals surface area contributed by atoms with Gasteiger partial charge in [-0.05, 0) is 24.3 Å². The fraction of sp³-hybridized carbons (Fsp3) is 0.0588. The van der Waals surface area contributed by atoms with Crippen LogP contribution in [0, 0.1) is 0 Å². The molecule has 2 N–H and O–H groups in total. The van der Waals surface area contributed by atoms with E-state index in [-0.39, 0.29) is 5.91 Å². The number of aromatic amines is 1. The number of anilines is 1. The van der Waals surface area contributed by atoms with Crippen LogP contribution in [0.3, 0.4) is 0 Å². The first-order chi connectivity index (χ1) is 10.7. The lowest BCUT2D eigenvalue weighted by atomic mass is 10.2. The van der Waals surface area contributed by atoms with Crippen molar-refractivity contribution in [2.24, 2.45) is 7.05 Å². The highest BCUT2D eigenvalue weighted by atomic mass is 16.2. The lowest BCUT2D eigenvalue weighted by Crippen LogP contribution is -2.16. The second-order valence-corrected chi connectivity index (χ2v) is 5.20. The van der Waals surface area contributed by atoms with Crippen molar-refractivity contribution < 1.29 is 4.79 Å². The third-order valence-electron chi connectivity index (χ3n) is 3.81. The molecule has 0 saturated carbocycles. The number of hydrogen-bond donors (Lipinski definition) is 2. The third kappa shape index (κ3) is 1.95. The Balaban J connectivity index is 1.69. The summed E-state index contributed by atoms with van der Waals surface area (Å²) < 4.78 is 1.88. The molecule has 5 heteroatoms. The Morgan fingerprint density at radius 1 is 1.14 bits per heavy atom. The number of carbonyl (C=O) groups is 1. The van der Waals surface area contributed by atoms with E-state index >= 15 is 0 Å². The maximum atomic E-state index is 12.5. The summed E-state index contributed by atoms with van der Waals surface area (Å²) in [5.41, 5.74) is 3.35. The Hall–Kier alpha value is -3.08. The molecular weight excluding hydrogens is 276 g/mol. The quantitative estimate of drug-likeness (QED) is 0.595. The SMILES string of the molecule is Cn1c(C(=O)Nc2nc3ccccc3[nH]2)cc2ccccc21. The van der Waals surface area contributed by atoms with E-state index in [0.717, 1.165) is 21.9 Å². The van der Waals surface area contributed by atoms with Gasteiger partial charge < -0.3 is 9.55 Å². The van der Waals surface area contributed by atoms with Crippen LogP contribution < -0.4 is 5.32 Å². The van der Waals surface area contributed by atoms with Gasteiger partial charge in [-0.15, -0.1) is 0 Å². The first-order valence-corrected chi connectivity index (χ1v) is 7.03. The summed E-state index contributed by atoms with van der Waals surface area (Å²) in [5.74, 6) is 0.272. The number of para-hydroxylation sites is 3. The number of nitrogens with zero attached hydrogens (tertiary/aromatic N) is 2. The average Bonchev–Trinajstić information content (AvgIpc) is 3.08. The van der Waals surface area contributed by atoms with E-state index in [2.05, 4.69) is 15.3 Å². The van der Waals surface area contributed by atoms with Crippen LogP contribution in [0.1, 0.15) is 10.5 Å². The third-order valence-corrected chi connectivity index (χ3v) is 3.81. The molecule has 0 spiro atoms. The fourth-order valence-electron chi connectivity index (χ4n) is 2.69. The van der Waals surface area contributed by atoms with Crippen LogP contribution in [0.5, 0.6) is 0 Å². The summed E-state index contributed by atoms with van der Waals surface area (Å²) in [6, 6.07) is 17.5. The number of rotatable bonds is 2. The van der Waals surface area contributed by atoms with Gasteiger partial charge in [0.25, 0.3) is 5.91 Å². The Labute approximate surface area is 126 Å². The Bertz CT molecular complexity index is 963. The topological polar surface area (TPSA) is 62.7 Å². The highest BCUT2D eigenvalue weighted by molar-refractivity contribution is 6.06. The number of carbonyl (C=O) groups excluding carboxylic acids is 1. The number of fused-ring (bicyclic) bond motifs is 2. The lowest BCUT2D eigenvalue weighted by Gasteiger charge is -2.03. The van der Waals surface area contributed by atoms with Gasteiger partial charge in [0.2, 0.25) is 5.95 Å². The predicted molar refractivity (Wildman–Crippen MR) is 87.0 cm³/mol. The van der Waals surface area contributed by atoms with Crippen molar-refractivity contribution >= 4 is 33.8 Å². The number of H-pyrrole nitrogens is 1. The average molecular weight is 290 g/mol. The molecule has 5 nitrogen and oxygen atoms in total. The fourth-order valence-corrected chi connectivity index (χ4v) is 2.69. The van der Waals surface area contributed by atoms with Crippen molar-refractivity contribution in [2.45, 2.75) is 0 Å². The van der Waals surface area contributed by atoms with Crippen LogP contribution in [0.15, 0.2) is 54.6 Å². The van der Waals surface area contributed by atoms with Gasteiger partial charge in [0.15, 0.2) is 0 Å². The molecule has 2 aromatic heterocycles. The van der Waals surface area contributed by atoms with E-state index in [0.29, 0.717) is 11.6 Å². The Kier molecular flexibility index (Phi) is 2.72. The molecule has 0 radical (unpaired) electrons. The van der Waals surface area contributed by atoms with Crippen LogP contribution >= 0.6 is 0 Å². The molecule has 0 fully saturated rings. The molecule has 0 bridgehead atoms. The maximum absolute atomic E-state index is 12.5. The molecule has 0 aliphatic carbocycles. The summed E-state index contributed by atoms with van der Waals surface area (Å²) in [7, 11) is 1.88. The molecule has 22 heavy (non-hydrogen) atoms. The minimum Gasteiger partial charge on any atom is -0.340 e. The molecular formula is C17H14N4O. The number of imidazole rings is 1. The van der Waals surface area contributed by atoms with Crippen LogP contribution in [-0.2, 0) is 7.05 Å². The van der Waals surface area contributed by atoms with Crippen molar-refractivity contribution in [1.82, 2.24) is 14.5 Å². The molecule has 4 aromatic rings. The van der Waals surface area contributed by atoms with Gasteiger partial charge in [-0.3, -0.25) is 10.1 Å². The van der Waals surface area contributed by atoms with E-state index in [4.69, 9.17) is 0 Å². The number of amides is 1. The molecule has 0 aliphatic heterocycles. The summed E-state index contributed by atoms with van der Waals surface area (Å²) in [6.07, 6.45) is 0. The predicted octanol–water partition coefficient (Wildman–Crippen LogP) is 3.31. The molecule has 0 aliphatic rings. The monoisotopic (exact) mass is 290 g/mol. The summed E-state index contributed by atoms with van der Waals surface area (Å²) in [4.78, 5) is 20.0. The van der Waals surface area contributed by atoms with Gasteiger partial charge >= 0.3 is 0 Å². The summed E-state index contributed by atoms with van der Waals surface area (Å²) >= 11 is 0. The van der Waals surface area contributed by atoms with Crippen LogP contribution in [0.2, 0.25) is 0 Å². The Morgan fingerprint density at radius 3 is 2.73 bits per heavy atom. The number of aryl methyl sites for hydroxylation is 1. The second kappa shape index (κ2) is 4.73. The number of benzene rings is 2. The lowest BCUT2D eigenvalue weighted by molar-refractivity contribution is 0.101. The number of nitrogens with one attached hydrogen (secondary N) is 2. The van der Waals surface area contributed by atoms with Gasteiger partial charge in [0.05, 0.1) is 11.0 Å². The first-order valence-electron chi connectivity index (χ1n) is 7.03. The molecule has 4 rings (SSSR count). The number of aromatic nitrogens is 3.